The number of benzene rings is 1. The molecule has 1 aromatic rings. The first kappa shape index (κ1) is 12.4. The van der Waals surface area contributed by atoms with E-state index < -0.39 is 18.0 Å². The van der Waals surface area contributed by atoms with E-state index in [4.69, 9.17) is 5.11 Å². The molecule has 1 aliphatic carbocycles. The summed E-state index contributed by atoms with van der Waals surface area (Å²) in [5.74, 6) is -0.587. The van der Waals surface area contributed by atoms with Gasteiger partial charge < -0.3 is 15.7 Å². The minimum absolute atomic E-state index is 0.176. The molecule has 3 N–H and O–H groups in total. The van der Waals surface area contributed by atoms with Crippen molar-refractivity contribution in [3.8, 4) is 0 Å². The lowest BCUT2D eigenvalue weighted by Gasteiger charge is -2.15. The van der Waals surface area contributed by atoms with E-state index in [9.17, 15) is 9.59 Å². The molecule has 0 spiro atoms. The highest BCUT2D eigenvalue weighted by Gasteiger charge is 2.34. The average Bonchev–Trinajstić information content (AvgIpc) is 3.02. The van der Waals surface area contributed by atoms with Gasteiger partial charge in [-0.15, -0.1) is 0 Å². The molecule has 0 aromatic heterocycles. The molecule has 1 aliphatic rings. The number of carboxylic acids is 1. The third-order valence-electron chi connectivity index (χ3n) is 3.08. The van der Waals surface area contributed by atoms with Gasteiger partial charge in [-0.2, -0.15) is 0 Å². The van der Waals surface area contributed by atoms with Crippen molar-refractivity contribution in [1.82, 2.24) is 10.6 Å². The van der Waals surface area contributed by atoms with Crippen LogP contribution in [0.1, 0.15) is 24.9 Å². The van der Waals surface area contributed by atoms with Gasteiger partial charge in [-0.1, -0.05) is 37.3 Å². The van der Waals surface area contributed by atoms with E-state index in [-0.39, 0.29) is 6.04 Å². The molecule has 96 valence electrons. The Labute approximate surface area is 105 Å². The Morgan fingerprint density at radius 2 is 1.94 bits per heavy atom. The fourth-order valence-corrected chi connectivity index (χ4v) is 1.80. The molecule has 2 unspecified atom stereocenters. The molecule has 18 heavy (non-hydrogen) atoms. The Balaban J connectivity index is 1.98. The summed E-state index contributed by atoms with van der Waals surface area (Å²) in [6.07, 6.45) is 0.955. The first-order valence-corrected chi connectivity index (χ1v) is 5.92. The van der Waals surface area contributed by atoms with Crippen LogP contribution in [0.4, 0.5) is 4.79 Å². The van der Waals surface area contributed by atoms with Gasteiger partial charge in [0, 0.05) is 6.04 Å². The zero-order valence-corrected chi connectivity index (χ0v) is 10.1. The van der Waals surface area contributed by atoms with E-state index >= 15 is 0 Å². The molecule has 2 amide bonds. The Kier molecular flexibility index (Phi) is 3.50. The van der Waals surface area contributed by atoms with E-state index in [0.717, 1.165) is 6.42 Å². The molecular formula is C13H16N2O3. The van der Waals surface area contributed by atoms with Crippen LogP contribution in [0.2, 0.25) is 0 Å². The molecule has 5 nitrogen and oxygen atoms in total. The number of carbonyl (C=O) groups is 2. The lowest BCUT2D eigenvalue weighted by molar-refractivity contribution is -0.139. The van der Waals surface area contributed by atoms with Gasteiger partial charge in [0.05, 0.1) is 0 Å². The maximum atomic E-state index is 11.6. The quantitative estimate of drug-likeness (QED) is 0.756. The fraction of sp³-hybridized carbons (Fsp3) is 0.385. The van der Waals surface area contributed by atoms with Crippen molar-refractivity contribution < 1.29 is 14.7 Å². The van der Waals surface area contributed by atoms with Gasteiger partial charge in [-0.05, 0) is 17.9 Å². The lowest BCUT2D eigenvalue weighted by atomic mass is 10.1. The van der Waals surface area contributed by atoms with Gasteiger partial charge in [0.2, 0.25) is 0 Å². The first-order chi connectivity index (χ1) is 8.58. The minimum Gasteiger partial charge on any atom is -0.479 e. The van der Waals surface area contributed by atoms with Gasteiger partial charge in [0.25, 0.3) is 0 Å². The average molecular weight is 248 g/mol. The molecule has 0 aliphatic heterocycles. The van der Waals surface area contributed by atoms with Crippen LogP contribution in [0.3, 0.4) is 0 Å². The van der Waals surface area contributed by atoms with Crippen molar-refractivity contribution in [2.75, 3.05) is 0 Å². The Morgan fingerprint density at radius 1 is 1.33 bits per heavy atom. The topological polar surface area (TPSA) is 78.4 Å². The van der Waals surface area contributed by atoms with Crippen LogP contribution in [-0.2, 0) is 4.79 Å². The SMILES string of the molecule is CC1CC1NC(=O)N[C@H](C(=O)O)c1ccccc1. The fourth-order valence-electron chi connectivity index (χ4n) is 1.80. The summed E-state index contributed by atoms with van der Waals surface area (Å²) in [7, 11) is 0. The van der Waals surface area contributed by atoms with Crippen LogP contribution in [0.15, 0.2) is 30.3 Å². The lowest BCUT2D eigenvalue weighted by Crippen LogP contribution is -2.42. The third-order valence-corrected chi connectivity index (χ3v) is 3.08. The van der Waals surface area contributed by atoms with E-state index in [1.807, 2.05) is 6.92 Å². The number of carbonyl (C=O) groups excluding carboxylic acids is 1. The Hall–Kier alpha value is -2.04. The minimum atomic E-state index is -1.07. The standard InChI is InChI=1S/C13H16N2O3/c1-8-7-10(8)14-13(18)15-11(12(16)17)9-5-3-2-4-6-9/h2-6,8,10-11H,7H2,1H3,(H,16,17)(H2,14,15,18)/t8?,10?,11-/m0/s1. The predicted molar refractivity (Wildman–Crippen MR) is 66.1 cm³/mol. The molecule has 3 atom stereocenters. The van der Waals surface area contributed by atoms with Crippen LogP contribution in [0, 0.1) is 5.92 Å². The molecule has 2 rings (SSSR count). The van der Waals surface area contributed by atoms with E-state index in [1.165, 1.54) is 0 Å². The maximum Gasteiger partial charge on any atom is 0.330 e. The monoisotopic (exact) mass is 248 g/mol. The highest BCUT2D eigenvalue weighted by molar-refractivity contribution is 5.83. The zero-order chi connectivity index (χ0) is 13.1. The molecule has 1 saturated carbocycles. The van der Waals surface area contributed by atoms with Gasteiger partial charge in [-0.25, -0.2) is 9.59 Å². The molecule has 0 saturated heterocycles. The Morgan fingerprint density at radius 3 is 2.44 bits per heavy atom. The number of aliphatic carboxylic acids is 1. The van der Waals surface area contributed by atoms with E-state index in [1.54, 1.807) is 30.3 Å². The van der Waals surface area contributed by atoms with Crippen molar-refractivity contribution in [3.63, 3.8) is 0 Å². The summed E-state index contributed by atoms with van der Waals surface area (Å²) < 4.78 is 0. The highest BCUT2D eigenvalue weighted by Crippen LogP contribution is 2.28. The summed E-state index contributed by atoms with van der Waals surface area (Å²) >= 11 is 0. The molecule has 1 aromatic carbocycles. The molecule has 0 bridgehead atoms. The molecule has 0 radical (unpaired) electrons. The second-order valence-electron chi connectivity index (χ2n) is 4.62. The molecular weight excluding hydrogens is 232 g/mol. The number of hydrogen-bond acceptors (Lipinski definition) is 2. The number of nitrogens with one attached hydrogen (secondary N) is 2. The summed E-state index contributed by atoms with van der Waals surface area (Å²) in [5, 5.41) is 14.4. The van der Waals surface area contributed by atoms with Crippen molar-refractivity contribution in [3.05, 3.63) is 35.9 Å². The number of rotatable bonds is 4. The number of hydrogen-bond donors (Lipinski definition) is 3. The zero-order valence-electron chi connectivity index (χ0n) is 10.1. The van der Waals surface area contributed by atoms with E-state index in [0.29, 0.717) is 11.5 Å². The van der Waals surface area contributed by atoms with Crippen molar-refractivity contribution in [2.45, 2.75) is 25.4 Å². The van der Waals surface area contributed by atoms with Gasteiger partial charge in [0.1, 0.15) is 0 Å². The maximum absolute atomic E-state index is 11.6. The van der Waals surface area contributed by atoms with E-state index in [2.05, 4.69) is 10.6 Å². The summed E-state index contributed by atoms with van der Waals surface area (Å²) in [4.78, 5) is 22.8. The summed E-state index contributed by atoms with van der Waals surface area (Å²) in [6, 6.07) is 7.38. The highest BCUT2D eigenvalue weighted by atomic mass is 16.4. The summed E-state index contributed by atoms with van der Waals surface area (Å²) in [5.41, 5.74) is 0.559. The van der Waals surface area contributed by atoms with Crippen LogP contribution in [-0.4, -0.2) is 23.1 Å². The number of carboxylic acid groups (broad SMARTS) is 1. The van der Waals surface area contributed by atoms with Gasteiger partial charge in [0.15, 0.2) is 6.04 Å². The molecule has 1 fully saturated rings. The largest absolute Gasteiger partial charge is 0.479 e. The normalized spacial score (nSPS) is 22.9. The Bertz CT molecular complexity index is 447. The van der Waals surface area contributed by atoms with Crippen LogP contribution in [0.25, 0.3) is 0 Å². The third kappa shape index (κ3) is 3.00. The first-order valence-electron chi connectivity index (χ1n) is 5.92. The van der Waals surface area contributed by atoms with Gasteiger partial charge >= 0.3 is 12.0 Å². The van der Waals surface area contributed by atoms with Crippen molar-refractivity contribution in [1.29, 1.82) is 0 Å². The number of urea groups is 1. The van der Waals surface area contributed by atoms with Crippen molar-refractivity contribution >= 4 is 12.0 Å². The van der Waals surface area contributed by atoms with Crippen molar-refractivity contribution in [2.24, 2.45) is 5.92 Å². The van der Waals surface area contributed by atoms with Crippen LogP contribution >= 0.6 is 0 Å². The van der Waals surface area contributed by atoms with Crippen LogP contribution < -0.4 is 10.6 Å². The second-order valence-corrected chi connectivity index (χ2v) is 4.62. The molecule has 5 heteroatoms. The smallest absolute Gasteiger partial charge is 0.330 e. The molecule has 0 heterocycles. The predicted octanol–water partition coefficient (Wildman–Crippen LogP) is 1.52. The summed E-state index contributed by atoms with van der Waals surface area (Å²) in [6.45, 7) is 2.04. The second kappa shape index (κ2) is 5.08. The number of amides is 2. The van der Waals surface area contributed by atoms with Crippen LogP contribution in [0.5, 0.6) is 0 Å². The van der Waals surface area contributed by atoms with Gasteiger partial charge in [-0.3, -0.25) is 0 Å².